The molecule has 0 bridgehead atoms. The van der Waals surface area contributed by atoms with Gasteiger partial charge in [-0.2, -0.15) is 0 Å². The van der Waals surface area contributed by atoms with Crippen molar-refractivity contribution in [2.45, 2.75) is 61.3 Å². The van der Waals surface area contributed by atoms with Crippen molar-refractivity contribution in [1.29, 1.82) is 0 Å². The molecule has 0 N–H and O–H groups in total. The molecule has 0 radical (unpaired) electrons. The standard InChI is InChI=1S/C5H9F.C3H8.2C2H6/c1-3-5(2)4-6;1-3-2;2*1-2/h2-4H2,1H3;3H2,1-2H3;2*1-2H3. The molecule has 13 heavy (non-hydrogen) atoms. The van der Waals surface area contributed by atoms with Gasteiger partial charge in [-0.1, -0.05) is 61.5 Å². The van der Waals surface area contributed by atoms with E-state index in [2.05, 4.69) is 20.4 Å². The molecule has 0 atom stereocenters. The van der Waals surface area contributed by atoms with Crippen molar-refractivity contribution in [1.82, 2.24) is 0 Å². The Hall–Kier alpha value is -0.330. The highest BCUT2D eigenvalue weighted by Crippen LogP contribution is 1.93. The van der Waals surface area contributed by atoms with E-state index < -0.39 is 0 Å². The zero-order valence-corrected chi connectivity index (χ0v) is 10.7. The van der Waals surface area contributed by atoms with Gasteiger partial charge in [0.1, 0.15) is 6.67 Å². The van der Waals surface area contributed by atoms with Crippen molar-refractivity contribution < 1.29 is 4.39 Å². The van der Waals surface area contributed by atoms with E-state index in [0.29, 0.717) is 5.57 Å². The fourth-order valence-corrected chi connectivity index (χ4v) is 0.0945. The lowest BCUT2D eigenvalue weighted by molar-refractivity contribution is 0.536. The highest BCUT2D eigenvalue weighted by atomic mass is 19.1. The van der Waals surface area contributed by atoms with Crippen LogP contribution in [0.5, 0.6) is 0 Å². The number of allylic oxidation sites excluding steroid dienone is 1. The minimum Gasteiger partial charge on any atom is -0.246 e. The summed E-state index contributed by atoms with van der Waals surface area (Å²) in [6, 6.07) is 0. The summed E-state index contributed by atoms with van der Waals surface area (Å²) in [6.07, 6.45) is 2.01. The number of hydrogen-bond acceptors (Lipinski definition) is 0. The minimum absolute atomic E-state index is 0.365. The lowest BCUT2D eigenvalue weighted by atomic mass is 10.3. The van der Waals surface area contributed by atoms with Crippen molar-refractivity contribution in [2.75, 3.05) is 6.67 Å². The van der Waals surface area contributed by atoms with E-state index >= 15 is 0 Å². The molecule has 84 valence electrons. The third kappa shape index (κ3) is 81.0. The van der Waals surface area contributed by atoms with E-state index in [0.717, 1.165) is 6.42 Å². The predicted octanol–water partition coefficient (Wildman–Crippen LogP) is 5.39. The van der Waals surface area contributed by atoms with Crippen LogP contribution >= 0.6 is 0 Å². The van der Waals surface area contributed by atoms with Crippen LogP contribution < -0.4 is 0 Å². The van der Waals surface area contributed by atoms with E-state index in [9.17, 15) is 4.39 Å². The van der Waals surface area contributed by atoms with Gasteiger partial charge in [0.15, 0.2) is 0 Å². The van der Waals surface area contributed by atoms with Crippen molar-refractivity contribution in [3.8, 4) is 0 Å². The first kappa shape index (κ1) is 23.0. The summed E-state index contributed by atoms with van der Waals surface area (Å²) in [5, 5.41) is 0. The van der Waals surface area contributed by atoms with Crippen LogP contribution in [0.4, 0.5) is 4.39 Å². The Kier molecular flexibility index (Phi) is 73.0. The summed E-state index contributed by atoms with van der Waals surface area (Å²) < 4.78 is 11.3. The van der Waals surface area contributed by atoms with Crippen LogP contribution in [-0.2, 0) is 0 Å². The Bertz CT molecular complexity index is 52.1. The average Bonchev–Trinajstić information content (AvgIpc) is 2.24. The predicted molar refractivity (Wildman–Crippen MR) is 64.1 cm³/mol. The number of halogens is 1. The van der Waals surface area contributed by atoms with Gasteiger partial charge in [-0.25, -0.2) is 4.39 Å². The van der Waals surface area contributed by atoms with Crippen LogP contribution in [0, 0.1) is 0 Å². The second-order valence-corrected chi connectivity index (χ2v) is 1.94. The lowest BCUT2D eigenvalue weighted by Gasteiger charge is -1.86. The second-order valence-electron chi connectivity index (χ2n) is 1.94. The van der Waals surface area contributed by atoms with Crippen LogP contribution in [-0.4, -0.2) is 6.67 Å². The fraction of sp³-hybridized carbons (Fsp3) is 0.833. The van der Waals surface area contributed by atoms with Gasteiger partial charge in [0, 0.05) is 0 Å². The van der Waals surface area contributed by atoms with E-state index in [1.165, 1.54) is 6.42 Å². The van der Waals surface area contributed by atoms with Crippen LogP contribution in [0.2, 0.25) is 0 Å². The molecule has 0 aliphatic carbocycles. The summed E-state index contributed by atoms with van der Waals surface area (Å²) in [7, 11) is 0. The molecule has 0 aromatic heterocycles. The topological polar surface area (TPSA) is 0 Å². The summed E-state index contributed by atoms with van der Waals surface area (Å²) in [6.45, 7) is 17.2. The molecule has 0 aliphatic rings. The maximum Gasteiger partial charge on any atom is 0.110 e. The summed E-state index contributed by atoms with van der Waals surface area (Å²) >= 11 is 0. The van der Waals surface area contributed by atoms with Crippen LogP contribution in [0.15, 0.2) is 12.2 Å². The third-order valence-electron chi connectivity index (χ3n) is 0.689. The van der Waals surface area contributed by atoms with Crippen molar-refractivity contribution in [3.63, 3.8) is 0 Å². The summed E-state index contributed by atoms with van der Waals surface area (Å²) in [5.41, 5.74) is 0.676. The van der Waals surface area contributed by atoms with E-state index in [1.807, 2.05) is 34.6 Å². The average molecular weight is 192 g/mol. The normalized spacial score (nSPS) is 6.15. The van der Waals surface area contributed by atoms with Gasteiger partial charge in [0.25, 0.3) is 0 Å². The molecule has 0 nitrogen and oxygen atoms in total. The maximum atomic E-state index is 11.3. The SMILES string of the molecule is C=C(CC)CF.CC.CC.CCC. The molecule has 0 spiro atoms. The number of rotatable bonds is 2. The summed E-state index contributed by atoms with van der Waals surface area (Å²) in [4.78, 5) is 0. The highest BCUT2D eigenvalue weighted by Gasteiger charge is 1.81. The monoisotopic (exact) mass is 192 g/mol. The second kappa shape index (κ2) is 41.3. The molecular formula is C12H29F. The van der Waals surface area contributed by atoms with Crippen LogP contribution in [0.1, 0.15) is 61.3 Å². The Balaban J connectivity index is -0.0000000493. The van der Waals surface area contributed by atoms with E-state index in [4.69, 9.17) is 0 Å². The minimum atomic E-state index is -0.365. The Labute approximate surface area is 85.2 Å². The van der Waals surface area contributed by atoms with Gasteiger partial charge in [0.05, 0.1) is 0 Å². The fourth-order valence-electron chi connectivity index (χ4n) is 0.0945. The van der Waals surface area contributed by atoms with Gasteiger partial charge in [-0.05, 0) is 12.0 Å². The molecule has 0 fully saturated rings. The lowest BCUT2D eigenvalue weighted by Crippen LogP contribution is -1.75. The quantitative estimate of drug-likeness (QED) is 0.514. The van der Waals surface area contributed by atoms with Crippen molar-refractivity contribution >= 4 is 0 Å². The van der Waals surface area contributed by atoms with Gasteiger partial charge in [-0.15, -0.1) is 0 Å². The highest BCUT2D eigenvalue weighted by molar-refractivity contribution is 4.91. The first-order valence-electron chi connectivity index (χ1n) is 5.45. The van der Waals surface area contributed by atoms with Gasteiger partial charge >= 0.3 is 0 Å². The van der Waals surface area contributed by atoms with E-state index in [1.54, 1.807) is 0 Å². The summed E-state index contributed by atoms with van der Waals surface area (Å²) in [5.74, 6) is 0. The Morgan fingerprint density at radius 2 is 1.23 bits per heavy atom. The number of alkyl halides is 1. The molecule has 0 heterocycles. The number of hydrogen-bond donors (Lipinski definition) is 0. The molecule has 0 aliphatic heterocycles. The largest absolute Gasteiger partial charge is 0.246 e. The van der Waals surface area contributed by atoms with Crippen LogP contribution in [0.25, 0.3) is 0 Å². The van der Waals surface area contributed by atoms with E-state index in [-0.39, 0.29) is 6.67 Å². The van der Waals surface area contributed by atoms with Crippen molar-refractivity contribution in [3.05, 3.63) is 12.2 Å². The maximum absolute atomic E-state index is 11.3. The van der Waals surface area contributed by atoms with Crippen LogP contribution in [0.3, 0.4) is 0 Å². The third-order valence-corrected chi connectivity index (χ3v) is 0.689. The Morgan fingerprint density at radius 3 is 1.23 bits per heavy atom. The zero-order valence-electron chi connectivity index (χ0n) is 10.7. The molecule has 0 amide bonds. The van der Waals surface area contributed by atoms with Crippen molar-refractivity contribution in [2.24, 2.45) is 0 Å². The molecular weight excluding hydrogens is 163 g/mol. The molecule has 0 rings (SSSR count). The van der Waals surface area contributed by atoms with Gasteiger partial charge < -0.3 is 0 Å². The molecule has 0 saturated carbocycles. The zero-order chi connectivity index (χ0) is 11.7. The smallest absolute Gasteiger partial charge is 0.110 e. The van der Waals surface area contributed by atoms with Gasteiger partial charge in [-0.3, -0.25) is 0 Å². The molecule has 0 aromatic carbocycles. The molecule has 0 aromatic rings. The molecule has 0 saturated heterocycles. The van der Waals surface area contributed by atoms with Gasteiger partial charge in [0.2, 0.25) is 0 Å². The molecule has 0 unspecified atom stereocenters. The first-order valence-corrected chi connectivity index (χ1v) is 5.45. The molecule has 1 heteroatoms. The first-order chi connectivity index (χ1) is 6.22. The Morgan fingerprint density at radius 1 is 1.00 bits per heavy atom.